The lowest BCUT2D eigenvalue weighted by atomic mass is 9.77. The first-order valence-corrected chi connectivity index (χ1v) is 14.6. The summed E-state index contributed by atoms with van der Waals surface area (Å²) < 4.78 is 0. The summed E-state index contributed by atoms with van der Waals surface area (Å²) in [6, 6.07) is 1.52. The van der Waals surface area contributed by atoms with Crippen molar-refractivity contribution < 1.29 is 19.4 Å². The summed E-state index contributed by atoms with van der Waals surface area (Å²) in [7, 11) is 0. The summed E-state index contributed by atoms with van der Waals surface area (Å²) in [6.07, 6.45) is 13.4. The summed E-state index contributed by atoms with van der Waals surface area (Å²) in [6.45, 7) is 4.16. The Balaban J connectivity index is 2.90. The normalized spacial score (nSPS) is 16.3. The third kappa shape index (κ3) is 14.6. The van der Waals surface area contributed by atoms with E-state index in [-0.39, 0.29) is 42.5 Å². The van der Waals surface area contributed by atoms with E-state index in [0.29, 0.717) is 19.3 Å². The van der Waals surface area contributed by atoms with E-state index in [1.54, 1.807) is 0 Å². The predicted molar refractivity (Wildman–Crippen MR) is 150 cm³/mol. The number of unbranched alkanes of at least 4 members (excludes halogenated alkanes) is 6. The maximum Gasteiger partial charge on any atom is 0.266 e. The zero-order chi connectivity index (χ0) is 29.0. The molecule has 0 saturated heterocycles. The second-order valence-electron chi connectivity index (χ2n) is 11.1. The van der Waals surface area contributed by atoms with Crippen molar-refractivity contribution in [1.29, 1.82) is 5.26 Å². The standard InChI is InChI=1S/C28H48N6O5/c1-21(2)19-23(20-35)32-27(37)25(16-12-18-31-28(30)33-34(38)39)26(36)24(22-13-9-10-14-22)15-8-6-4-3-5-7-11-17-29/h20-25H,3-16,18-19H2,1-2H3,(H,32,37)(H3,30,31,33). The average Bonchev–Trinajstić information content (AvgIpc) is 3.41. The number of hydrogen-bond donors (Lipinski definition) is 3. The van der Waals surface area contributed by atoms with Gasteiger partial charge in [0, 0.05) is 18.9 Å². The van der Waals surface area contributed by atoms with E-state index in [2.05, 4.69) is 21.8 Å². The first-order valence-electron chi connectivity index (χ1n) is 14.6. The Morgan fingerprint density at radius 3 is 2.33 bits per heavy atom. The number of nitriles is 1. The van der Waals surface area contributed by atoms with Gasteiger partial charge in [0.1, 0.15) is 17.2 Å². The third-order valence-electron chi connectivity index (χ3n) is 7.43. The molecule has 1 fully saturated rings. The van der Waals surface area contributed by atoms with Crippen LogP contribution in [0.4, 0.5) is 0 Å². The second-order valence-corrected chi connectivity index (χ2v) is 11.1. The molecule has 1 amide bonds. The van der Waals surface area contributed by atoms with E-state index in [1.807, 2.05) is 13.8 Å². The maximum absolute atomic E-state index is 13.9. The first kappa shape index (κ1) is 34.0. The van der Waals surface area contributed by atoms with Gasteiger partial charge in [0.25, 0.3) is 5.96 Å². The van der Waals surface area contributed by atoms with E-state index in [4.69, 9.17) is 11.0 Å². The Hall–Kier alpha value is -3.03. The Kier molecular flexibility index (Phi) is 17.4. The molecule has 220 valence electrons. The smallest absolute Gasteiger partial charge is 0.266 e. The van der Waals surface area contributed by atoms with Crippen molar-refractivity contribution in [3.8, 4) is 6.07 Å². The SMILES string of the molecule is CC(C)CC(C=O)NC(=O)C(CCCN/C(N)=N/[N+](=O)[O-])C(=O)C(CCCCCCCCC#N)C1CCCC1. The number of nitrogens with zero attached hydrogens (tertiary/aromatic N) is 3. The molecule has 0 aromatic rings. The summed E-state index contributed by atoms with van der Waals surface area (Å²) in [4.78, 5) is 49.4. The molecule has 4 N–H and O–H groups in total. The number of nitro groups is 1. The van der Waals surface area contributed by atoms with Crippen molar-refractivity contribution in [2.24, 2.45) is 34.5 Å². The van der Waals surface area contributed by atoms with Gasteiger partial charge in [-0.15, -0.1) is 0 Å². The fourth-order valence-corrected chi connectivity index (χ4v) is 5.49. The van der Waals surface area contributed by atoms with E-state index < -0.39 is 22.9 Å². The minimum atomic E-state index is -0.897. The number of ketones is 1. The average molecular weight is 549 g/mol. The number of carbonyl (C=O) groups is 3. The van der Waals surface area contributed by atoms with Gasteiger partial charge in [-0.25, -0.2) is 10.1 Å². The number of nitrogens with one attached hydrogen (secondary N) is 2. The van der Waals surface area contributed by atoms with E-state index in [0.717, 1.165) is 76.9 Å². The Morgan fingerprint density at radius 1 is 1.10 bits per heavy atom. The molecular weight excluding hydrogens is 500 g/mol. The predicted octanol–water partition coefficient (Wildman–Crippen LogP) is 4.23. The van der Waals surface area contributed by atoms with Gasteiger partial charge >= 0.3 is 0 Å². The van der Waals surface area contributed by atoms with Crippen LogP contribution in [-0.2, 0) is 14.4 Å². The summed E-state index contributed by atoms with van der Waals surface area (Å²) in [5.74, 6) is -1.44. The molecule has 0 radical (unpaired) electrons. The summed E-state index contributed by atoms with van der Waals surface area (Å²) in [5.41, 5.74) is 5.48. The van der Waals surface area contributed by atoms with Crippen molar-refractivity contribution in [2.75, 3.05) is 6.54 Å². The van der Waals surface area contributed by atoms with Gasteiger partial charge in [0.05, 0.1) is 18.0 Å². The number of hydrogen-bond acceptors (Lipinski definition) is 6. The van der Waals surface area contributed by atoms with Gasteiger partial charge < -0.3 is 21.2 Å². The van der Waals surface area contributed by atoms with Gasteiger partial charge in [-0.2, -0.15) is 5.26 Å². The van der Waals surface area contributed by atoms with Crippen molar-refractivity contribution >= 4 is 23.9 Å². The largest absolute Gasteiger partial charge is 0.365 e. The van der Waals surface area contributed by atoms with Crippen LogP contribution >= 0.6 is 0 Å². The highest BCUT2D eigenvalue weighted by Gasteiger charge is 2.37. The molecule has 1 saturated carbocycles. The Morgan fingerprint density at radius 2 is 1.74 bits per heavy atom. The van der Waals surface area contributed by atoms with Crippen LogP contribution < -0.4 is 16.4 Å². The molecule has 1 aliphatic carbocycles. The monoisotopic (exact) mass is 548 g/mol. The zero-order valence-electron chi connectivity index (χ0n) is 23.7. The van der Waals surface area contributed by atoms with Crippen molar-refractivity contribution in [1.82, 2.24) is 10.6 Å². The quantitative estimate of drug-likeness (QED) is 0.0362. The van der Waals surface area contributed by atoms with Crippen LogP contribution in [0.3, 0.4) is 0 Å². The number of carbonyl (C=O) groups excluding carboxylic acids is 3. The van der Waals surface area contributed by atoms with Crippen LogP contribution in [0.1, 0.15) is 110 Å². The highest BCUT2D eigenvalue weighted by Crippen LogP contribution is 2.37. The lowest BCUT2D eigenvalue weighted by Crippen LogP contribution is -2.45. The van der Waals surface area contributed by atoms with Crippen LogP contribution in [0.15, 0.2) is 5.10 Å². The topological polar surface area (TPSA) is 181 Å². The van der Waals surface area contributed by atoms with Gasteiger partial charge in [-0.1, -0.05) is 58.8 Å². The van der Waals surface area contributed by atoms with Gasteiger partial charge in [-0.3, -0.25) is 9.59 Å². The van der Waals surface area contributed by atoms with Crippen LogP contribution in [-0.4, -0.2) is 41.6 Å². The van der Waals surface area contributed by atoms with Crippen LogP contribution in [0.2, 0.25) is 0 Å². The Labute approximate surface area is 232 Å². The molecule has 0 aromatic carbocycles. The molecule has 11 heteroatoms. The molecule has 3 unspecified atom stereocenters. The van der Waals surface area contributed by atoms with E-state index in [1.165, 1.54) is 0 Å². The van der Waals surface area contributed by atoms with Gasteiger partial charge in [0.2, 0.25) is 5.91 Å². The van der Waals surface area contributed by atoms with Crippen molar-refractivity contribution in [3.63, 3.8) is 0 Å². The number of rotatable bonds is 21. The van der Waals surface area contributed by atoms with Crippen molar-refractivity contribution in [2.45, 2.75) is 116 Å². The van der Waals surface area contributed by atoms with Crippen molar-refractivity contribution in [3.05, 3.63) is 10.1 Å². The molecule has 11 nitrogen and oxygen atoms in total. The molecule has 0 heterocycles. The number of nitrogens with two attached hydrogens (primary N) is 1. The van der Waals surface area contributed by atoms with Crippen LogP contribution in [0, 0.1) is 45.1 Å². The van der Waals surface area contributed by atoms with Crippen LogP contribution in [0.25, 0.3) is 0 Å². The molecule has 1 aliphatic rings. The molecule has 0 bridgehead atoms. The summed E-state index contributed by atoms with van der Waals surface area (Å²) in [5, 5.41) is 26.7. The first-order chi connectivity index (χ1) is 18.7. The lowest BCUT2D eigenvalue weighted by molar-refractivity contribution is -0.485. The highest BCUT2D eigenvalue weighted by molar-refractivity contribution is 6.03. The number of amides is 1. The van der Waals surface area contributed by atoms with E-state index in [9.17, 15) is 24.5 Å². The van der Waals surface area contributed by atoms with Crippen LogP contribution in [0.5, 0.6) is 0 Å². The molecule has 1 rings (SSSR count). The van der Waals surface area contributed by atoms with Gasteiger partial charge in [-0.05, 0) is 56.8 Å². The minimum Gasteiger partial charge on any atom is -0.365 e. The molecule has 0 aromatic heterocycles. The van der Waals surface area contributed by atoms with E-state index >= 15 is 0 Å². The fourth-order valence-electron chi connectivity index (χ4n) is 5.49. The zero-order valence-corrected chi connectivity index (χ0v) is 23.7. The Bertz CT molecular complexity index is 835. The second kappa shape index (κ2) is 20.0. The maximum atomic E-state index is 13.9. The minimum absolute atomic E-state index is 0.0606. The lowest BCUT2D eigenvalue weighted by Gasteiger charge is -2.27. The molecule has 0 spiro atoms. The number of hydrazone groups is 1. The van der Waals surface area contributed by atoms with Gasteiger partial charge in [0.15, 0.2) is 5.03 Å². The fraction of sp³-hybridized carbons (Fsp3) is 0.821. The summed E-state index contributed by atoms with van der Waals surface area (Å²) >= 11 is 0. The molecule has 3 atom stereocenters. The molecular formula is C28H48N6O5. The number of guanidine groups is 1. The highest BCUT2D eigenvalue weighted by atomic mass is 16.7. The molecule has 0 aliphatic heterocycles. The number of aldehydes is 1. The third-order valence-corrected chi connectivity index (χ3v) is 7.43. The number of Topliss-reactive ketones (excluding diaryl/α,β-unsaturated/α-hetero) is 1. The molecule has 39 heavy (non-hydrogen) atoms.